The average molecular weight is 637 g/mol. The first-order valence-corrected chi connectivity index (χ1v) is 17.0. The fourth-order valence-corrected chi connectivity index (χ4v) is 6.15. The summed E-state index contributed by atoms with van der Waals surface area (Å²) in [6.07, 6.45) is 6.70. The number of allylic oxidation sites excluding steroid dienone is 2. The Bertz CT molecular complexity index is 1280. The van der Waals surface area contributed by atoms with Gasteiger partial charge >= 0.3 is 0 Å². The highest BCUT2D eigenvalue weighted by molar-refractivity contribution is 6.03. The molecular weight excluding hydrogens is 584 g/mol. The van der Waals surface area contributed by atoms with Gasteiger partial charge in [-0.05, 0) is 76.7 Å². The van der Waals surface area contributed by atoms with Gasteiger partial charge in [0.1, 0.15) is 34.7 Å². The second-order valence-corrected chi connectivity index (χ2v) is 12.6. The van der Waals surface area contributed by atoms with Crippen LogP contribution in [-0.2, 0) is 15.9 Å². The van der Waals surface area contributed by atoms with Crippen molar-refractivity contribution in [1.29, 1.82) is 0 Å². The minimum absolute atomic E-state index is 0.0132. The number of rotatable bonds is 16. The molecule has 1 atom stereocenters. The maximum Gasteiger partial charge on any atom is 0.174 e. The van der Waals surface area contributed by atoms with Crippen LogP contribution in [-0.4, -0.2) is 102 Å². The first-order chi connectivity index (χ1) is 22.5. The van der Waals surface area contributed by atoms with Crippen molar-refractivity contribution in [1.82, 2.24) is 9.80 Å². The molecule has 252 valence electrons. The van der Waals surface area contributed by atoms with E-state index in [0.29, 0.717) is 42.4 Å². The zero-order valence-electron chi connectivity index (χ0n) is 28.0. The lowest BCUT2D eigenvalue weighted by atomic mass is 9.92. The van der Waals surface area contributed by atoms with E-state index in [2.05, 4.69) is 29.7 Å². The Hall–Kier alpha value is -3.11. The molecular formula is C37H52N2O7. The number of benzene rings is 2. The van der Waals surface area contributed by atoms with E-state index in [1.165, 1.54) is 5.57 Å². The molecule has 0 amide bonds. The summed E-state index contributed by atoms with van der Waals surface area (Å²) in [4.78, 5) is 18.5. The molecule has 3 aliphatic heterocycles. The SMILES string of the molecule is COc1cc(OCCCCN2CCOCC2)c(CC=C(C)C)c2c1C(=O)CC(c1ccc(OCCCCN3CCOCC3)cc1)O2. The van der Waals surface area contributed by atoms with Gasteiger partial charge in [0, 0.05) is 37.8 Å². The van der Waals surface area contributed by atoms with Crippen LogP contribution < -0.4 is 18.9 Å². The summed E-state index contributed by atoms with van der Waals surface area (Å²) in [5.74, 6) is 2.62. The zero-order valence-corrected chi connectivity index (χ0v) is 28.0. The molecule has 2 fully saturated rings. The van der Waals surface area contributed by atoms with E-state index in [9.17, 15) is 4.79 Å². The number of fused-ring (bicyclic) bond motifs is 1. The highest BCUT2D eigenvalue weighted by Gasteiger charge is 2.34. The van der Waals surface area contributed by atoms with Crippen molar-refractivity contribution in [2.45, 2.75) is 58.5 Å². The number of carbonyl (C=O) groups is 1. The largest absolute Gasteiger partial charge is 0.496 e. The van der Waals surface area contributed by atoms with Gasteiger partial charge in [0.2, 0.25) is 0 Å². The molecule has 46 heavy (non-hydrogen) atoms. The number of ketones is 1. The number of morpholine rings is 2. The Morgan fingerprint density at radius 3 is 2.04 bits per heavy atom. The van der Waals surface area contributed by atoms with Crippen molar-refractivity contribution >= 4 is 5.78 Å². The van der Waals surface area contributed by atoms with Crippen molar-refractivity contribution in [3.63, 3.8) is 0 Å². The van der Waals surface area contributed by atoms with Crippen LogP contribution in [0.5, 0.6) is 23.0 Å². The first-order valence-electron chi connectivity index (χ1n) is 17.0. The third kappa shape index (κ3) is 9.70. The number of Topliss-reactive ketones (excluding diaryl/α,β-unsaturated/α-hetero) is 1. The van der Waals surface area contributed by atoms with E-state index in [0.717, 1.165) is 108 Å². The minimum atomic E-state index is -0.401. The van der Waals surface area contributed by atoms with Crippen LogP contribution in [0.2, 0.25) is 0 Å². The van der Waals surface area contributed by atoms with E-state index in [1.807, 2.05) is 30.3 Å². The zero-order chi connectivity index (χ0) is 32.1. The number of nitrogens with zero attached hydrogens (tertiary/aromatic N) is 2. The minimum Gasteiger partial charge on any atom is -0.496 e. The molecule has 1 unspecified atom stereocenters. The van der Waals surface area contributed by atoms with Crippen LogP contribution in [0.3, 0.4) is 0 Å². The molecule has 5 rings (SSSR count). The predicted octanol–water partition coefficient (Wildman–Crippen LogP) is 5.89. The third-order valence-electron chi connectivity index (χ3n) is 8.87. The highest BCUT2D eigenvalue weighted by Crippen LogP contribution is 2.46. The highest BCUT2D eigenvalue weighted by atomic mass is 16.5. The maximum absolute atomic E-state index is 13.6. The molecule has 0 spiro atoms. The average Bonchev–Trinajstić information content (AvgIpc) is 3.08. The molecule has 0 saturated carbocycles. The Morgan fingerprint density at radius 1 is 0.848 bits per heavy atom. The van der Waals surface area contributed by atoms with Crippen LogP contribution in [0, 0.1) is 0 Å². The van der Waals surface area contributed by atoms with Crippen molar-refractivity contribution in [2.24, 2.45) is 0 Å². The summed E-state index contributed by atoms with van der Waals surface area (Å²) in [5.41, 5.74) is 3.53. The number of hydrogen-bond acceptors (Lipinski definition) is 9. The van der Waals surface area contributed by atoms with Crippen molar-refractivity contribution in [3.05, 3.63) is 58.7 Å². The van der Waals surface area contributed by atoms with Crippen LogP contribution in [0.1, 0.15) is 73.5 Å². The Balaban J connectivity index is 1.22. The number of methoxy groups -OCH3 is 1. The summed E-state index contributed by atoms with van der Waals surface area (Å²) in [6, 6.07) is 9.83. The van der Waals surface area contributed by atoms with E-state index in [-0.39, 0.29) is 12.2 Å². The number of unbranched alkanes of at least 4 members (excludes halogenated alkanes) is 2. The lowest BCUT2D eigenvalue weighted by Gasteiger charge is -2.30. The van der Waals surface area contributed by atoms with E-state index in [1.54, 1.807) is 7.11 Å². The third-order valence-corrected chi connectivity index (χ3v) is 8.87. The molecule has 2 aromatic carbocycles. The Kier molecular flexibility index (Phi) is 13.2. The van der Waals surface area contributed by atoms with Crippen LogP contribution >= 0.6 is 0 Å². The number of carbonyl (C=O) groups excluding carboxylic acids is 1. The van der Waals surface area contributed by atoms with E-state index < -0.39 is 6.10 Å². The van der Waals surface area contributed by atoms with E-state index in [4.69, 9.17) is 28.4 Å². The lowest BCUT2D eigenvalue weighted by molar-refractivity contribution is 0.0367. The summed E-state index contributed by atoms with van der Waals surface area (Å²) in [5, 5.41) is 0. The van der Waals surface area contributed by atoms with Crippen LogP contribution in [0.15, 0.2) is 42.0 Å². The maximum atomic E-state index is 13.6. The summed E-state index contributed by atoms with van der Waals surface area (Å²) >= 11 is 0. The summed E-state index contributed by atoms with van der Waals surface area (Å²) in [7, 11) is 1.60. The molecule has 0 aliphatic carbocycles. The quantitative estimate of drug-likeness (QED) is 0.166. The molecule has 3 heterocycles. The molecule has 2 aromatic rings. The smallest absolute Gasteiger partial charge is 0.174 e. The lowest BCUT2D eigenvalue weighted by Crippen LogP contribution is -2.36. The second-order valence-electron chi connectivity index (χ2n) is 12.6. The Labute approximate surface area is 274 Å². The van der Waals surface area contributed by atoms with Gasteiger partial charge in [0.25, 0.3) is 0 Å². The van der Waals surface area contributed by atoms with Gasteiger partial charge in [0.15, 0.2) is 5.78 Å². The van der Waals surface area contributed by atoms with Crippen LogP contribution in [0.4, 0.5) is 0 Å². The Morgan fingerprint density at radius 2 is 1.46 bits per heavy atom. The standard InChI is InChI=1S/C37H52N2O7/c1-28(2)8-13-31-34(45-21-7-5-15-39-18-24-43-25-19-39)27-35(41-3)36-32(40)26-33(46-37(31)36)29-9-11-30(12-10-29)44-20-6-4-14-38-16-22-42-23-17-38/h8-12,27,33H,4-7,13-26H2,1-3H3. The fourth-order valence-electron chi connectivity index (χ4n) is 6.15. The van der Waals surface area contributed by atoms with Gasteiger partial charge in [-0.1, -0.05) is 23.8 Å². The summed E-state index contributed by atoms with van der Waals surface area (Å²) < 4.78 is 35.7. The normalized spacial score (nSPS) is 18.8. The molecule has 0 radical (unpaired) electrons. The first kappa shape index (κ1) is 34.2. The van der Waals surface area contributed by atoms with Gasteiger partial charge in [-0.3, -0.25) is 14.6 Å². The van der Waals surface area contributed by atoms with Gasteiger partial charge in [-0.25, -0.2) is 0 Å². The van der Waals surface area contributed by atoms with Crippen LogP contribution in [0.25, 0.3) is 0 Å². The monoisotopic (exact) mass is 636 g/mol. The molecule has 9 nitrogen and oxygen atoms in total. The molecule has 9 heteroatoms. The van der Waals surface area contributed by atoms with Gasteiger partial charge in [0.05, 0.1) is 53.2 Å². The molecule has 2 saturated heterocycles. The molecule has 0 bridgehead atoms. The van der Waals surface area contributed by atoms with E-state index >= 15 is 0 Å². The number of hydrogen-bond donors (Lipinski definition) is 0. The van der Waals surface area contributed by atoms with Crippen molar-refractivity contribution in [2.75, 3.05) is 86.0 Å². The van der Waals surface area contributed by atoms with Gasteiger partial charge < -0.3 is 28.4 Å². The predicted molar refractivity (Wildman–Crippen MR) is 179 cm³/mol. The topological polar surface area (TPSA) is 78.9 Å². The summed E-state index contributed by atoms with van der Waals surface area (Å²) in [6.45, 7) is 14.9. The van der Waals surface area contributed by atoms with Gasteiger partial charge in [-0.15, -0.1) is 0 Å². The molecule has 3 aliphatic rings. The molecule has 0 aromatic heterocycles. The van der Waals surface area contributed by atoms with Crippen molar-refractivity contribution in [3.8, 4) is 23.0 Å². The number of ether oxygens (including phenoxy) is 6. The van der Waals surface area contributed by atoms with Crippen molar-refractivity contribution < 1.29 is 33.2 Å². The fraction of sp³-hybridized carbons (Fsp3) is 0.595. The molecule has 0 N–H and O–H groups in total. The van der Waals surface area contributed by atoms with Gasteiger partial charge in [-0.2, -0.15) is 0 Å². The second kappa shape index (κ2) is 17.7.